The van der Waals surface area contributed by atoms with Gasteiger partial charge in [-0.2, -0.15) is 0 Å². The van der Waals surface area contributed by atoms with E-state index in [0.717, 1.165) is 5.56 Å². The van der Waals surface area contributed by atoms with E-state index in [1.807, 2.05) is 0 Å². The molecule has 0 aliphatic rings. The monoisotopic (exact) mass is 329 g/mol. The Kier molecular flexibility index (Phi) is 4.25. The van der Waals surface area contributed by atoms with Crippen LogP contribution < -0.4 is 4.74 Å². The Labute approximate surface area is 96.9 Å². The molecule has 0 saturated carbocycles. The van der Waals surface area contributed by atoms with Crippen LogP contribution in [0.15, 0.2) is 10.5 Å². The van der Waals surface area contributed by atoms with E-state index in [-0.39, 0.29) is 11.6 Å². The first-order valence-corrected chi connectivity index (χ1v) is 5.59. The normalized spacial score (nSPS) is 10.7. The Balaban J connectivity index is 3.24. The maximum Gasteiger partial charge on any atom is 0.280 e. The van der Waals surface area contributed by atoms with Gasteiger partial charge in [0.15, 0.2) is 0 Å². The van der Waals surface area contributed by atoms with Crippen molar-refractivity contribution in [2.45, 2.75) is 11.8 Å². The minimum Gasteiger partial charge on any atom is -0.481 e. The van der Waals surface area contributed by atoms with Crippen molar-refractivity contribution < 1.29 is 13.5 Å². The van der Waals surface area contributed by atoms with Crippen molar-refractivity contribution in [2.24, 2.45) is 0 Å². The van der Waals surface area contributed by atoms with Gasteiger partial charge < -0.3 is 4.74 Å². The van der Waals surface area contributed by atoms with Crippen LogP contribution in [0.5, 0.6) is 5.88 Å². The molecule has 0 bridgehead atoms. The molecule has 1 aromatic rings. The second-order valence-electron chi connectivity index (χ2n) is 2.45. The van der Waals surface area contributed by atoms with Crippen molar-refractivity contribution in [1.82, 2.24) is 4.98 Å². The summed E-state index contributed by atoms with van der Waals surface area (Å²) in [6.45, 7) is 0. The number of alkyl halides is 3. The van der Waals surface area contributed by atoms with E-state index >= 15 is 0 Å². The van der Waals surface area contributed by atoms with Gasteiger partial charge >= 0.3 is 0 Å². The zero-order chi connectivity index (χ0) is 10.7. The predicted molar refractivity (Wildman–Crippen MR) is 56.1 cm³/mol. The van der Waals surface area contributed by atoms with Gasteiger partial charge in [0.05, 0.1) is 7.11 Å². The summed E-state index contributed by atoms with van der Waals surface area (Å²) in [5, 5.41) is 0.493. The average molecular weight is 331 g/mol. The summed E-state index contributed by atoms with van der Waals surface area (Å²) < 4.78 is 30.2. The second-order valence-corrected chi connectivity index (χ2v) is 3.87. The van der Waals surface area contributed by atoms with Crippen molar-refractivity contribution in [3.63, 3.8) is 0 Å². The summed E-state index contributed by atoms with van der Waals surface area (Å²) in [5.41, 5.74) is 0.426. The number of methoxy groups -OCH3 is 1. The molecule has 1 aromatic heterocycles. The summed E-state index contributed by atoms with van der Waals surface area (Å²) in [5.74, 6) is 0.214. The number of nitrogens with zero attached hydrogens (tertiary/aromatic N) is 1. The number of halogens is 4. The molecule has 0 atom stereocenters. The molecule has 0 amide bonds. The van der Waals surface area contributed by atoms with E-state index in [0.29, 0.717) is 9.80 Å². The molecule has 0 spiro atoms. The van der Waals surface area contributed by atoms with Gasteiger partial charge in [-0.3, -0.25) is 0 Å². The SMILES string of the molecule is COc1nc(C(F)F)cc(Br)c1CBr. The third-order valence-electron chi connectivity index (χ3n) is 1.60. The van der Waals surface area contributed by atoms with Crippen LogP contribution in [0.25, 0.3) is 0 Å². The third-order valence-corrected chi connectivity index (χ3v) is 2.87. The first-order valence-electron chi connectivity index (χ1n) is 3.67. The number of ether oxygens (including phenoxy) is 1. The van der Waals surface area contributed by atoms with Crippen LogP contribution in [0.4, 0.5) is 8.78 Å². The van der Waals surface area contributed by atoms with Gasteiger partial charge in [0.25, 0.3) is 6.43 Å². The molecule has 78 valence electrons. The molecule has 0 N–H and O–H groups in total. The van der Waals surface area contributed by atoms with Crippen LogP contribution >= 0.6 is 31.9 Å². The van der Waals surface area contributed by atoms with Crippen LogP contribution in [-0.4, -0.2) is 12.1 Å². The van der Waals surface area contributed by atoms with Gasteiger partial charge in [-0.15, -0.1) is 0 Å². The number of aromatic nitrogens is 1. The van der Waals surface area contributed by atoms with E-state index in [1.54, 1.807) is 0 Å². The molecule has 0 unspecified atom stereocenters. The maximum atomic E-state index is 12.3. The van der Waals surface area contributed by atoms with Crippen molar-refractivity contribution in [1.29, 1.82) is 0 Å². The average Bonchev–Trinajstić information content (AvgIpc) is 2.16. The Morgan fingerprint density at radius 1 is 1.57 bits per heavy atom. The first-order chi connectivity index (χ1) is 6.60. The number of pyridine rings is 1. The minimum atomic E-state index is -2.59. The molecule has 2 nitrogen and oxygen atoms in total. The molecule has 0 aromatic carbocycles. The molecule has 0 radical (unpaired) electrons. The summed E-state index contributed by atoms with van der Waals surface area (Å²) in [6.07, 6.45) is -2.59. The zero-order valence-corrected chi connectivity index (χ0v) is 10.4. The highest BCUT2D eigenvalue weighted by atomic mass is 79.9. The highest BCUT2D eigenvalue weighted by molar-refractivity contribution is 9.10. The van der Waals surface area contributed by atoms with Gasteiger partial charge in [-0.05, 0) is 6.07 Å². The van der Waals surface area contributed by atoms with Gasteiger partial charge in [-0.25, -0.2) is 13.8 Å². The molecule has 14 heavy (non-hydrogen) atoms. The lowest BCUT2D eigenvalue weighted by atomic mass is 10.2. The van der Waals surface area contributed by atoms with Crippen molar-refractivity contribution in [3.05, 3.63) is 21.8 Å². The first kappa shape index (κ1) is 11.8. The third kappa shape index (κ3) is 2.42. The summed E-state index contributed by atoms with van der Waals surface area (Å²) in [7, 11) is 1.40. The number of hydrogen-bond donors (Lipinski definition) is 0. The van der Waals surface area contributed by atoms with Crippen molar-refractivity contribution in [2.75, 3.05) is 7.11 Å². The molecule has 1 heterocycles. The van der Waals surface area contributed by atoms with Crippen LogP contribution in [0, 0.1) is 0 Å². The molecule has 1 rings (SSSR count). The van der Waals surface area contributed by atoms with Crippen LogP contribution in [0.3, 0.4) is 0 Å². The Morgan fingerprint density at radius 2 is 2.21 bits per heavy atom. The number of rotatable bonds is 3. The molecule has 6 heteroatoms. The van der Waals surface area contributed by atoms with Gasteiger partial charge in [-0.1, -0.05) is 31.9 Å². The molecule has 0 aliphatic carbocycles. The van der Waals surface area contributed by atoms with Crippen molar-refractivity contribution in [3.8, 4) is 5.88 Å². The van der Waals surface area contributed by atoms with E-state index < -0.39 is 6.43 Å². The van der Waals surface area contributed by atoms with Gasteiger partial charge in [0, 0.05) is 15.4 Å². The lowest BCUT2D eigenvalue weighted by Gasteiger charge is -2.09. The molecular weight excluding hydrogens is 324 g/mol. The Hall–Kier alpha value is -0.230. The zero-order valence-electron chi connectivity index (χ0n) is 7.23. The van der Waals surface area contributed by atoms with E-state index in [1.165, 1.54) is 13.2 Å². The lowest BCUT2D eigenvalue weighted by molar-refractivity contribution is 0.145. The topological polar surface area (TPSA) is 22.1 Å². The quantitative estimate of drug-likeness (QED) is 0.789. The number of hydrogen-bond acceptors (Lipinski definition) is 2. The molecule has 0 aliphatic heterocycles. The summed E-state index contributed by atoms with van der Waals surface area (Å²) in [4.78, 5) is 3.69. The van der Waals surface area contributed by atoms with Gasteiger partial charge in [0.1, 0.15) is 5.69 Å². The largest absolute Gasteiger partial charge is 0.481 e. The Morgan fingerprint density at radius 3 is 2.64 bits per heavy atom. The Bertz CT molecular complexity index is 333. The minimum absolute atomic E-state index is 0.214. The fraction of sp³-hybridized carbons (Fsp3) is 0.375. The fourth-order valence-electron chi connectivity index (χ4n) is 0.938. The molecule has 0 fully saturated rings. The smallest absolute Gasteiger partial charge is 0.280 e. The van der Waals surface area contributed by atoms with Gasteiger partial charge in [0.2, 0.25) is 5.88 Å². The highest BCUT2D eigenvalue weighted by Gasteiger charge is 2.16. The van der Waals surface area contributed by atoms with Crippen LogP contribution in [0.1, 0.15) is 17.7 Å². The lowest BCUT2D eigenvalue weighted by Crippen LogP contribution is -1.99. The van der Waals surface area contributed by atoms with E-state index in [4.69, 9.17) is 4.74 Å². The summed E-state index contributed by atoms with van der Waals surface area (Å²) in [6, 6.07) is 1.30. The molecular formula is C8H7Br2F2NO. The second kappa shape index (κ2) is 5.02. The maximum absolute atomic E-state index is 12.3. The van der Waals surface area contributed by atoms with Crippen LogP contribution in [0.2, 0.25) is 0 Å². The predicted octanol–water partition coefficient (Wildman–Crippen LogP) is 3.69. The molecule has 0 saturated heterocycles. The van der Waals surface area contributed by atoms with E-state index in [2.05, 4.69) is 36.8 Å². The summed E-state index contributed by atoms with van der Waals surface area (Å²) >= 11 is 6.41. The van der Waals surface area contributed by atoms with E-state index in [9.17, 15) is 8.78 Å². The van der Waals surface area contributed by atoms with Crippen molar-refractivity contribution >= 4 is 31.9 Å². The standard InChI is InChI=1S/C8H7Br2F2NO/c1-14-8-4(3-9)5(10)2-6(13-8)7(11)12/h2,7H,3H2,1H3. The van der Waals surface area contributed by atoms with Crippen LogP contribution in [-0.2, 0) is 5.33 Å². The fourth-order valence-corrected chi connectivity index (χ4v) is 2.40. The highest BCUT2D eigenvalue weighted by Crippen LogP contribution is 2.31.